The fraction of sp³-hybridized carbons (Fsp3) is 0.444. The van der Waals surface area contributed by atoms with Crippen LogP contribution < -0.4 is 0 Å². The first-order valence-electron chi connectivity index (χ1n) is 8.25. The quantitative estimate of drug-likeness (QED) is 0.835. The highest BCUT2D eigenvalue weighted by atomic mass is 32.1. The molecule has 2 heterocycles. The summed E-state index contributed by atoms with van der Waals surface area (Å²) in [6.07, 6.45) is 0.992. The van der Waals surface area contributed by atoms with Crippen molar-refractivity contribution in [2.45, 2.75) is 13.0 Å². The Morgan fingerprint density at radius 3 is 2.83 bits per heavy atom. The summed E-state index contributed by atoms with van der Waals surface area (Å²) in [4.78, 5) is 21.0. The van der Waals surface area contributed by atoms with Gasteiger partial charge in [0.15, 0.2) is 0 Å². The summed E-state index contributed by atoms with van der Waals surface area (Å²) >= 11 is 1.71. The smallest absolute Gasteiger partial charge is 0.248 e. The lowest BCUT2D eigenvalue weighted by molar-refractivity contribution is -0.135. The summed E-state index contributed by atoms with van der Waals surface area (Å²) < 4.78 is 4.95. The van der Waals surface area contributed by atoms with Crippen LogP contribution in [0.5, 0.6) is 0 Å². The Hall–Kier alpha value is -1.76. The number of benzene rings is 1. The van der Waals surface area contributed by atoms with Crippen LogP contribution >= 0.6 is 11.3 Å². The van der Waals surface area contributed by atoms with Crippen molar-refractivity contribution in [3.63, 3.8) is 0 Å². The molecule has 5 nitrogen and oxygen atoms in total. The number of carbonyl (C=O) groups excluding carboxylic acids is 1. The van der Waals surface area contributed by atoms with Crippen molar-refractivity contribution >= 4 is 17.2 Å². The molecule has 24 heavy (non-hydrogen) atoms. The first-order valence-corrected chi connectivity index (χ1v) is 9.13. The molecule has 1 amide bonds. The maximum absolute atomic E-state index is 11.9. The number of aromatic nitrogens is 1. The minimum atomic E-state index is 0.0833. The molecule has 6 heteroatoms. The standard InChI is InChI=1S/C18H23N3O2S/c1-23-13-18(22)21-9-5-8-20(10-11-21)12-17-19-16(14-24-17)15-6-3-2-4-7-15/h2-4,6-7,14H,5,8-13H2,1H3. The van der Waals surface area contributed by atoms with E-state index < -0.39 is 0 Å². The summed E-state index contributed by atoms with van der Waals surface area (Å²) in [5.41, 5.74) is 2.20. The number of ether oxygens (including phenoxy) is 1. The molecule has 0 unspecified atom stereocenters. The minimum Gasteiger partial charge on any atom is -0.375 e. The van der Waals surface area contributed by atoms with Crippen LogP contribution in [0.15, 0.2) is 35.7 Å². The van der Waals surface area contributed by atoms with Crippen molar-refractivity contribution in [1.29, 1.82) is 0 Å². The third-order valence-corrected chi connectivity index (χ3v) is 5.02. The number of rotatable bonds is 5. The van der Waals surface area contributed by atoms with Crippen molar-refractivity contribution in [3.8, 4) is 11.3 Å². The molecule has 0 bridgehead atoms. The van der Waals surface area contributed by atoms with Crippen LogP contribution in [0.1, 0.15) is 11.4 Å². The minimum absolute atomic E-state index is 0.0833. The van der Waals surface area contributed by atoms with Gasteiger partial charge in [0.2, 0.25) is 5.91 Å². The second-order valence-electron chi connectivity index (χ2n) is 5.94. The first-order chi connectivity index (χ1) is 11.8. The molecule has 0 saturated carbocycles. The third-order valence-electron chi connectivity index (χ3n) is 4.19. The second kappa shape index (κ2) is 8.37. The molecule has 0 aliphatic carbocycles. The first kappa shape index (κ1) is 17.1. The highest BCUT2D eigenvalue weighted by molar-refractivity contribution is 7.09. The molecular formula is C18H23N3O2S. The molecule has 0 spiro atoms. The zero-order valence-corrected chi connectivity index (χ0v) is 14.8. The lowest BCUT2D eigenvalue weighted by Gasteiger charge is -2.21. The Morgan fingerprint density at radius 1 is 1.21 bits per heavy atom. The average Bonchev–Trinajstić information content (AvgIpc) is 2.94. The van der Waals surface area contributed by atoms with Gasteiger partial charge in [-0.3, -0.25) is 9.69 Å². The fourth-order valence-corrected chi connectivity index (χ4v) is 3.75. The van der Waals surface area contributed by atoms with Gasteiger partial charge in [0.25, 0.3) is 0 Å². The van der Waals surface area contributed by atoms with Crippen molar-refractivity contribution in [1.82, 2.24) is 14.8 Å². The summed E-state index contributed by atoms with van der Waals surface area (Å²) in [5.74, 6) is 0.0833. The summed E-state index contributed by atoms with van der Waals surface area (Å²) in [7, 11) is 1.56. The van der Waals surface area contributed by atoms with E-state index in [-0.39, 0.29) is 12.5 Å². The molecule has 1 aromatic carbocycles. The van der Waals surface area contributed by atoms with Crippen molar-refractivity contribution in [3.05, 3.63) is 40.7 Å². The van der Waals surface area contributed by atoms with E-state index in [2.05, 4.69) is 22.4 Å². The third kappa shape index (κ3) is 4.41. The van der Waals surface area contributed by atoms with E-state index >= 15 is 0 Å². The highest BCUT2D eigenvalue weighted by Gasteiger charge is 2.19. The van der Waals surface area contributed by atoms with Gasteiger partial charge in [-0.15, -0.1) is 11.3 Å². The molecule has 0 atom stereocenters. The van der Waals surface area contributed by atoms with E-state index in [1.807, 2.05) is 23.1 Å². The Labute approximate surface area is 146 Å². The van der Waals surface area contributed by atoms with Crippen LogP contribution in [-0.2, 0) is 16.1 Å². The Kier molecular flexibility index (Phi) is 5.96. The summed E-state index contributed by atoms with van der Waals surface area (Å²) in [5, 5.41) is 3.25. The van der Waals surface area contributed by atoms with E-state index in [1.54, 1.807) is 18.4 Å². The zero-order chi connectivity index (χ0) is 16.8. The van der Waals surface area contributed by atoms with Gasteiger partial charge in [-0.05, 0) is 6.42 Å². The fourth-order valence-electron chi connectivity index (χ4n) is 2.91. The lowest BCUT2D eigenvalue weighted by atomic mass is 10.2. The summed E-state index contributed by atoms with van der Waals surface area (Å²) in [6, 6.07) is 10.3. The topological polar surface area (TPSA) is 45.7 Å². The highest BCUT2D eigenvalue weighted by Crippen LogP contribution is 2.22. The zero-order valence-electron chi connectivity index (χ0n) is 14.0. The number of nitrogens with zero attached hydrogens (tertiary/aromatic N) is 3. The SMILES string of the molecule is COCC(=O)N1CCCN(Cc2nc(-c3ccccc3)cs2)CC1. The van der Waals surface area contributed by atoms with Gasteiger partial charge in [0.1, 0.15) is 11.6 Å². The van der Waals surface area contributed by atoms with E-state index in [4.69, 9.17) is 9.72 Å². The maximum Gasteiger partial charge on any atom is 0.248 e. The second-order valence-corrected chi connectivity index (χ2v) is 6.88. The molecule has 0 radical (unpaired) electrons. The van der Waals surface area contributed by atoms with Crippen LogP contribution in [0, 0.1) is 0 Å². The van der Waals surface area contributed by atoms with Crippen LogP contribution in [-0.4, -0.2) is 60.6 Å². The molecule has 128 valence electrons. The van der Waals surface area contributed by atoms with Crippen LogP contribution in [0.2, 0.25) is 0 Å². The average molecular weight is 345 g/mol. The molecule has 1 aliphatic heterocycles. The Balaban J connectivity index is 1.57. The van der Waals surface area contributed by atoms with Gasteiger partial charge in [-0.2, -0.15) is 0 Å². The van der Waals surface area contributed by atoms with E-state index in [0.29, 0.717) is 0 Å². The largest absolute Gasteiger partial charge is 0.375 e. The number of amides is 1. The van der Waals surface area contributed by atoms with E-state index in [1.165, 1.54) is 0 Å². The molecular weight excluding hydrogens is 322 g/mol. The Bertz CT molecular complexity index is 659. The Morgan fingerprint density at radius 2 is 2.04 bits per heavy atom. The lowest BCUT2D eigenvalue weighted by Crippen LogP contribution is -2.37. The van der Waals surface area contributed by atoms with Gasteiger partial charge < -0.3 is 9.64 Å². The molecule has 0 N–H and O–H groups in total. The van der Waals surface area contributed by atoms with Gasteiger partial charge in [0.05, 0.1) is 12.2 Å². The monoisotopic (exact) mass is 345 g/mol. The number of hydrogen-bond donors (Lipinski definition) is 0. The van der Waals surface area contributed by atoms with Crippen LogP contribution in [0.4, 0.5) is 0 Å². The van der Waals surface area contributed by atoms with E-state index in [9.17, 15) is 4.79 Å². The van der Waals surface area contributed by atoms with Gasteiger partial charge >= 0.3 is 0 Å². The van der Waals surface area contributed by atoms with Gasteiger partial charge in [0, 0.05) is 44.2 Å². The van der Waals surface area contributed by atoms with Gasteiger partial charge in [-0.25, -0.2) is 4.98 Å². The maximum atomic E-state index is 11.9. The number of hydrogen-bond acceptors (Lipinski definition) is 5. The number of carbonyl (C=O) groups is 1. The molecule has 2 aromatic rings. The molecule has 1 fully saturated rings. The predicted molar refractivity (Wildman–Crippen MR) is 95.9 cm³/mol. The van der Waals surface area contributed by atoms with Gasteiger partial charge in [-0.1, -0.05) is 30.3 Å². The molecule has 1 saturated heterocycles. The van der Waals surface area contributed by atoms with Crippen LogP contribution in [0.25, 0.3) is 11.3 Å². The molecule has 1 aliphatic rings. The number of methoxy groups -OCH3 is 1. The predicted octanol–water partition coefficient (Wildman–Crippen LogP) is 2.49. The van der Waals surface area contributed by atoms with E-state index in [0.717, 1.165) is 55.4 Å². The number of thiazole rings is 1. The van der Waals surface area contributed by atoms with Crippen molar-refractivity contribution in [2.24, 2.45) is 0 Å². The molecule has 1 aromatic heterocycles. The normalized spacial score (nSPS) is 16.1. The van der Waals surface area contributed by atoms with Crippen molar-refractivity contribution in [2.75, 3.05) is 39.9 Å². The molecule has 3 rings (SSSR count). The van der Waals surface area contributed by atoms with Crippen molar-refractivity contribution < 1.29 is 9.53 Å². The summed E-state index contributed by atoms with van der Waals surface area (Å²) in [6.45, 7) is 4.48. The van der Waals surface area contributed by atoms with Crippen LogP contribution in [0.3, 0.4) is 0 Å².